The Morgan fingerprint density at radius 2 is 1.59 bits per heavy atom. The maximum absolute atomic E-state index is 13.6. The summed E-state index contributed by atoms with van der Waals surface area (Å²) >= 11 is 5.99. The Balaban J connectivity index is 1.71. The molecule has 196 valence electrons. The van der Waals surface area contributed by atoms with Crippen LogP contribution in [0, 0.1) is 34.6 Å². The van der Waals surface area contributed by atoms with Gasteiger partial charge in [0.05, 0.1) is 17.8 Å². The van der Waals surface area contributed by atoms with Crippen molar-refractivity contribution in [2.75, 3.05) is 19.0 Å². The summed E-state index contributed by atoms with van der Waals surface area (Å²) in [5, 5.41) is 3.93. The third kappa shape index (κ3) is 4.73. The van der Waals surface area contributed by atoms with E-state index < -0.39 is 5.41 Å². The van der Waals surface area contributed by atoms with Gasteiger partial charge in [0.2, 0.25) is 5.95 Å². The van der Waals surface area contributed by atoms with Crippen LogP contribution >= 0.6 is 11.6 Å². The van der Waals surface area contributed by atoms with E-state index in [4.69, 9.17) is 21.4 Å². The molecule has 7 nitrogen and oxygen atoms in total. The highest BCUT2D eigenvalue weighted by Crippen LogP contribution is 2.32. The first-order chi connectivity index (χ1) is 17.4. The minimum absolute atomic E-state index is 0.156. The van der Waals surface area contributed by atoms with Gasteiger partial charge < -0.3 is 15.1 Å². The number of hydrogen-bond donors (Lipinski definition) is 1. The van der Waals surface area contributed by atoms with Crippen molar-refractivity contribution in [3.05, 3.63) is 89.8 Å². The van der Waals surface area contributed by atoms with Crippen LogP contribution in [0.25, 0.3) is 0 Å². The Bertz CT molecular complexity index is 1410. The van der Waals surface area contributed by atoms with Crippen molar-refractivity contribution >= 4 is 23.5 Å². The molecule has 1 N–H and O–H groups in total. The first kappa shape index (κ1) is 26.7. The number of aromatic nitrogens is 2. The van der Waals surface area contributed by atoms with Gasteiger partial charge in [-0.15, -0.1) is 4.73 Å². The van der Waals surface area contributed by atoms with Crippen molar-refractivity contribution in [1.29, 1.82) is 0 Å². The van der Waals surface area contributed by atoms with Gasteiger partial charge in [0, 0.05) is 29.1 Å². The molecule has 0 atom stereocenters. The zero-order valence-corrected chi connectivity index (χ0v) is 23.6. The molecule has 2 aromatic carbocycles. The average molecular weight is 523 g/mol. The Morgan fingerprint density at radius 1 is 1.03 bits per heavy atom. The van der Waals surface area contributed by atoms with Gasteiger partial charge >= 0.3 is 0 Å². The number of benzene rings is 2. The van der Waals surface area contributed by atoms with E-state index in [1.807, 2.05) is 13.8 Å². The van der Waals surface area contributed by atoms with Crippen LogP contribution in [0.2, 0.25) is 5.02 Å². The summed E-state index contributed by atoms with van der Waals surface area (Å²) in [6.07, 6.45) is 0. The van der Waals surface area contributed by atoms with E-state index in [0.717, 1.165) is 0 Å². The number of nitrogens with one attached hydrogen (secondary N) is 1. The second kappa shape index (κ2) is 9.86. The number of anilines is 1. The minimum atomic E-state index is -0.541. The normalized spacial score (nSPS) is 14.4. The summed E-state index contributed by atoms with van der Waals surface area (Å²) in [6.45, 7) is 15.8. The fourth-order valence-electron chi connectivity index (χ4n) is 5.25. The average Bonchev–Trinajstić information content (AvgIpc) is 2.86. The molecule has 8 heteroatoms. The number of halogens is 1. The van der Waals surface area contributed by atoms with Crippen molar-refractivity contribution in [2.45, 2.75) is 67.0 Å². The Labute approximate surface area is 223 Å². The largest absolute Gasteiger partial charge is 0.411 e. The molecule has 1 aliphatic heterocycles. The van der Waals surface area contributed by atoms with E-state index in [-0.39, 0.29) is 18.0 Å². The van der Waals surface area contributed by atoms with E-state index in [9.17, 15) is 9.59 Å². The van der Waals surface area contributed by atoms with Crippen LogP contribution < -0.4 is 15.7 Å². The zero-order chi connectivity index (χ0) is 27.2. The predicted molar refractivity (Wildman–Crippen MR) is 148 cm³/mol. The number of nitrogens with zero attached hydrogens (tertiary/aromatic N) is 3. The van der Waals surface area contributed by atoms with Gasteiger partial charge in [-0.25, -0.2) is 4.98 Å². The van der Waals surface area contributed by atoms with Crippen LogP contribution in [-0.4, -0.2) is 34.2 Å². The lowest BCUT2D eigenvalue weighted by Gasteiger charge is -2.39. The number of carbonyl (C=O) groups excluding carboxylic acids is 1. The molecular formula is C29H35ClN4O3. The van der Waals surface area contributed by atoms with E-state index in [1.165, 1.54) is 45.2 Å². The number of fused-ring (bicyclic) bond motifs is 1. The van der Waals surface area contributed by atoms with Crippen molar-refractivity contribution in [2.24, 2.45) is 0 Å². The molecule has 0 fully saturated rings. The molecule has 1 amide bonds. The molecule has 1 aliphatic rings. The van der Waals surface area contributed by atoms with Gasteiger partial charge in [-0.05, 0) is 92.3 Å². The van der Waals surface area contributed by atoms with E-state index in [0.29, 0.717) is 40.9 Å². The van der Waals surface area contributed by atoms with E-state index in [1.54, 1.807) is 29.2 Å². The maximum Gasteiger partial charge on any atom is 0.293 e. The molecular weight excluding hydrogens is 488 g/mol. The molecule has 0 spiro atoms. The molecule has 4 rings (SSSR count). The standard InChI is InChI=1S/C29H35ClN4O3/c1-16-17(2)19(4)23(20(5)18(16)3)13-31-28-32-25-24(27(36)34(28)37-8)14-33(15-29(25,6)7)26(35)21-9-11-22(30)12-10-21/h9-12H,13-15H2,1-8H3,(H,31,32). The summed E-state index contributed by atoms with van der Waals surface area (Å²) in [4.78, 5) is 38.9. The SMILES string of the molecule is COn1c(NCc2c(C)c(C)c(C)c(C)c2C)nc2c(c1=O)CN(C(=O)c1ccc(Cl)cc1)CC2(C)C. The molecule has 1 aromatic heterocycles. The third-order valence-electron chi connectivity index (χ3n) is 7.85. The number of amides is 1. The van der Waals surface area contributed by atoms with Crippen molar-refractivity contribution in [3.8, 4) is 0 Å². The first-order valence-corrected chi connectivity index (χ1v) is 12.8. The summed E-state index contributed by atoms with van der Waals surface area (Å²) in [5.74, 6) is 0.198. The van der Waals surface area contributed by atoms with Crippen LogP contribution in [0.3, 0.4) is 0 Å². The smallest absolute Gasteiger partial charge is 0.293 e. The molecule has 0 radical (unpaired) electrons. The molecule has 37 heavy (non-hydrogen) atoms. The molecule has 0 saturated carbocycles. The Morgan fingerprint density at radius 3 is 2.16 bits per heavy atom. The lowest BCUT2D eigenvalue weighted by Crippen LogP contribution is -2.49. The molecule has 2 heterocycles. The molecule has 3 aromatic rings. The van der Waals surface area contributed by atoms with Crippen molar-refractivity contribution in [3.63, 3.8) is 0 Å². The van der Waals surface area contributed by atoms with Crippen molar-refractivity contribution in [1.82, 2.24) is 14.6 Å². The molecule has 0 unspecified atom stereocenters. The van der Waals surface area contributed by atoms with Gasteiger partial charge in [0.25, 0.3) is 11.5 Å². The van der Waals surface area contributed by atoms with Gasteiger partial charge in [-0.1, -0.05) is 25.4 Å². The monoisotopic (exact) mass is 522 g/mol. The van der Waals surface area contributed by atoms with Crippen LogP contribution in [0.1, 0.15) is 68.8 Å². The third-order valence-corrected chi connectivity index (χ3v) is 8.11. The van der Waals surface area contributed by atoms with Crippen LogP contribution in [0.4, 0.5) is 5.95 Å². The number of rotatable bonds is 5. The van der Waals surface area contributed by atoms with Gasteiger partial charge in [-0.3, -0.25) is 9.59 Å². The second-order valence-corrected chi connectivity index (χ2v) is 11.0. The lowest BCUT2D eigenvalue weighted by atomic mass is 9.82. The highest BCUT2D eigenvalue weighted by molar-refractivity contribution is 6.30. The fraction of sp³-hybridized carbons (Fsp3) is 0.414. The summed E-state index contributed by atoms with van der Waals surface area (Å²) in [7, 11) is 1.45. The highest BCUT2D eigenvalue weighted by atomic mass is 35.5. The first-order valence-electron chi connectivity index (χ1n) is 12.4. The van der Waals surface area contributed by atoms with E-state index >= 15 is 0 Å². The van der Waals surface area contributed by atoms with Gasteiger partial charge in [0.15, 0.2) is 0 Å². The van der Waals surface area contributed by atoms with Crippen LogP contribution in [0.15, 0.2) is 29.1 Å². The summed E-state index contributed by atoms with van der Waals surface area (Å²) in [6, 6.07) is 6.78. The highest BCUT2D eigenvalue weighted by Gasteiger charge is 2.38. The van der Waals surface area contributed by atoms with Crippen LogP contribution in [-0.2, 0) is 18.5 Å². The Kier molecular flexibility index (Phi) is 7.12. The van der Waals surface area contributed by atoms with Gasteiger partial charge in [-0.2, -0.15) is 0 Å². The number of carbonyl (C=O) groups is 1. The zero-order valence-electron chi connectivity index (χ0n) is 22.9. The lowest BCUT2D eigenvalue weighted by molar-refractivity contribution is 0.0675. The molecule has 0 saturated heterocycles. The van der Waals surface area contributed by atoms with E-state index in [2.05, 4.69) is 39.9 Å². The minimum Gasteiger partial charge on any atom is -0.411 e. The summed E-state index contributed by atoms with van der Waals surface area (Å²) < 4.78 is 1.18. The molecule has 0 bridgehead atoms. The fourth-order valence-corrected chi connectivity index (χ4v) is 5.38. The Hall–Kier alpha value is -3.32. The molecule has 0 aliphatic carbocycles. The maximum atomic E-state index is 13.6. The summed E-state index contributed by atoms with van der Waals surface area (Å²) in [5.41, 5.74) is 8.30. The van der Waals surface area contributed by atoms with Crippen LogP contribution in [0.5, 0.6) is 0 Å². The van der Waals surface area contributed by atoms with Crippen molar-refractivity contribution < 1.29 is 9.63 Å². The quantitative estimate of drug-likeness (QED) is 0.508. The second-order valence-electron chi connectivity index (χ2n) is 10.6. The van der Waals surface area contributed by atoms with Gasteiger partial charge in [0.1, 0.15) is 7.11 Å². The topological polar surface area (TPSA) is 76.5 Å². The predicted octanol–water partition coefficient (Wildman–Crippen LogP) is 5.04. The number of hydrogen-bond acceptors (Lipinski definition) is 5.